The van der Waals surface area contributed by atoms with E-state index in [0.29, 0.717) is 11.3 Å². The van der Waals surface area contributed by atoms with Crippen LogP contribution in [0.3, 0.4) is 0 Å². The maximum Gasteiger partial charge on any atom is 0.128 e. The van der Waals surface area contributed by atoms with Crippen LogP contribution in [-0.2, 0) is 6.54 Å². The molecule has 1 aliphatic heterocycles. The molecule has 2 nitrogen and oxygen atoms in total. The average molecular weight is 246 g/mol. The number of halogens is 1. The van der Waals surface area contributed by atoms with Gasteiger partial charge in [0, 0.05) is 18.7 Å². The SMILES string of the molecule is CC1(CN2Cc3ccc(F)cc3C2=N)CCCC1. The molecular formula is C15H19FN2. The molecule has 0 saturated heterocycles. The smallest absolute Gasteiger partial charge is 0.128 e. The van der Waals surface area contributed by atoms with Crippen LogP contribution in [0.15, 0.2) is 18.2 Å². The van der Waals surface area contributed by atoms with E-state index >= 15 is 0 Å². The van der Waals surface area contributed by atoms with Gasteiger partial charge in [-0.15, -0.1) is 0 Å². The van der Waals surface area contributed by atoms with Crippen LogP contribution in [0.2, 0.25) is 0 Å². The molecule has 1 saturated carbocycles. The molecule has 1 heterocycles. The minimum Gasteiger partial charge on any atom is -0.352 e. The van der Waals surface area contributed by atoms with Crippen LogP contribution in [0.5, 0.6) is 0 Å². The highest BCUT2D eigenvalue weighted by atomic mass is 19.1. The summed E-state index contributed by atoms with van der Waals surface area (Å²) >= 11 is 0. The topological polar surface area (TPSA) is 27.1 Å². The minimum absolute atomic E-state index is 0.243. The van der Waals surface area contributed by atoms with E-state index in [9.17, 15) is 4.39 Å². The zero-order valence-corrected chi connectivity index (χ0v) is 10.8. The predicted molar refractivity (Wildman–Crippen MR) is 70.2 cm³/mol. The Morgan fingerprint density at radius 1 is 1.33 bits per heavy atom. The van der Waals surface area contributed by atoms with E-state index in [4.69, 9.17) is 5.41 Å². The zero-order chi connectivity index (χ0) is 12.8. The fraction of sp³-hybridized carbons (Fsp3) is 0.533. The molecule has 1 N–H and O–H groups in total. The summed E-state index contributed by atoms with van der Waals surface area (Å²) in [5.74, 6) is 0.255. The van der Waals surface area contributed by atoms with Crippen molar-refractivity contribution in [2.24, 2.45) is 5.41 Å². The molecule has 0 bridgehead atoms. The van der Waals surface area contributed by atoms with Crippen molar-refractivity contribution in [1.82, 2.24) is 4.90 Å². The van der Waals surface area contributed by atoms with Crippen LogP contribution in [-0.4, -0.2) is 17.3 Å². The number of rotatable bonds is 2. The van der Waals surface area contributed by atoms with E-state index in [1.165, 1.54) is 37.8 Å². The molecule has 0 atom stereocenters. The molecule has 1 aromatic carbocycles. The standard InChI is InChI=1S/C15H19FN2/c1-15(6-2-3-7-15)10-18-9-11-4-5-12(16)8-13(11)14(18)17/h4-5,8,17H,2-3,6-7,9-10H2,1H3. The lowest BCUT2D eigenvalue weighted by Crippen LogP contribution is -2.34. The van der Waals surface area contributed by atoms with E-state index in [1.54, 1.807) is 0 Å². The molecular weight excluding hydrogens is 227 g/mol. The van der Waals surface area contributed by atoms with Crippen molar-refractivity contribution in [2.45, 2.75) is 39.2 Å². The van der Waals surface area contributed by atoms with Gasteiger partial charge in [-0.2, -0.15) is 0 Å². The van der Waals surface area contributed by atoms with E-state index in [0.717, 1.165) is 24.2 Å². The molecule has 96 valence electrons. The van der Waals surface area contributed by atoms with E-state index < -0.39 is 0 Å². The van der Waals surface area contributed by atoms with E-state index in [2.05, 4.69) is 11.8 Å². The number of hydrogen-bond donors (Lipinski definition) is 1. The lowest BCUT2D eigenvalue weighted by atomic mass is 9.88. The van der Waals surface area contributed by atoms with Crippen molar-refractivity contribution in [3.63, 3.8) is 0 Å². The Bertz CT molecular complexity index is 489. The maximum atomic E-state index is 13.2. The summed E-state index contributed by atoms with van der Waals surface area (Å²) in [4.78, 5) is 2.11. The van der Waals surface area contributed by atoms with Gasteiger partial charge in [-0.05, 0) is 36.0 Å². The summed E-state index contributed by atoms with van der Waals surface area (Å²) in [7, 11) is 0. The number of hydrogen-bond acceptors (Lipinski definition) is 1. The summed E-state index contributed by atoms with van der Waals surface area (Å²) in [6.07, 6.45) is 5.11. The molecule has 3 heteroatoms. The van der Waals surface area contributed by atoms with Gasteiger partial charge < -0.3 is 4.90 Å². The van der Waals surface area contributed by atoms with Gasteiger partial charge in [0.1, 0.15) is 11.7 Å². The van der Waals surface area contributed by atoms with Crippen LogP contribution in [0.25, 0.3) is 0 Å². The number of nitrogens with zero attached hydrogens (tertiary/aromatic N) is 1. The first-order chi connectivity index (χ1) is 8.57. The Balaban J connectivity index is 1.80. The predicted octanol–water partition coefficient (Wildman–Crippen LogP) is 3.55. The van der Waals surface area contributed by atoms with Gasteiger partial charge in [-0.25, -0.2) is 4.39 Å². The molecule has 3 rings (SSSR count). The van der Waals surface area contributed by atoms with Crippen LogP contribution < -0.4 is 0 Å². The second-order valence-electron chi connectivity index (χ2n) is 6.02. The van der Waals surface area contributed by atoms with E-state index in [1.807, 2.05) is 6.07 Å². The summed E-state index contributed by atoms with van der Waals surface area (Å²) in [5, 5.41) is 8.19. The first-order valence-electron chi connectivity index (χ1n) is 6.70. The molecule has 2 aliphatic rings. The van der Waals surface area contributed by atoms with Crippen molar-refractivity contribution in [1.29, 1.82) is 5.41 Å². The van der Waals surface area contributed by atoms with Crippen molar-refractivity contribution >= 4 is 5.84 Å². The normalized spacial score (nSPS) is 21.4. The summed E-state index contributed by atoms with van der Waals surface area (Å²) in [6.45, 7) is 4.02. The van der Waals surface area contributed by atoms with Gasteiger partial charge in [0.15, 0.2) is 0 Å². The maximum absolute atomic E-state index is 13.2. The Hall–Kier alpha value is -1.38. The Labute approximate surface area is 107 Å². The highest BCUT2D eigenvalue weighted by Gasteiger charge is 2.34. The highest BCUT2D eigenvalue weighted by Crippen LogP contribution is 2.39. The third-order valence-corrected chi connectivity index (χ3v) is 4.39. The molecule has 1 fully saturated rings. The lowest BCUT2D eigenvalue weighted by molar-refractivity contribution is 0.235. The first-order valence-corrected chi connectivity index (χ1v) is 6.70. The van der Waals surface area contributed by atoms with Crippen molar-refractivity contribution in [2.75, 3.05) is 6.54 Å². The van der Waals surface area contributed by atoms with E-state index in [-0.39, 0.29) is 5.82 Å². The average Bonchev–Trinajstić information content (AvgIpc) is 2.87. The molecule has 0 spiro atoms. The number of fused-ring (bicyclic) bond motifs is 1. The first kappa shape index (κ1) is 11.7. The van der Waals surface area contributed by atoms with Crippen LogP contribution in [0, 0.1) is 16.6 Å². The molecule has 0 unspecified atom stereocenters. The van der Waals surface area contributed by atoms with Crippen LogP contribution in [0.1, 0.15) is 43.7 Å². The van der Waals surface area contributed by atoms with Crippen molar-refractivity contribution < 1.29 is 4.39 Å². The molecule has 0 aromatic heterocycles. The lowest BCUT2D eigenvalue weighted by Gasteiger charge is -2.30. The molecule has 18 heavy (non-hydrogen) atoms. The van der Waals surface area contributed by atoms with Gasteiger partial charge in [-0.3, -0.25) is 5.41 Å². The summed E-state index contributed by atoms with van der Waals surface area (Å²) < 4.78 is 13.2. The van der Waals surface area contributed by atoms with Gasteiger partial charge in [0.25, 0.3) is 0 Å². The monoisotopic (exact) mass is 246 g/mol. The third-order valence-electron chi connectivity index (χ3n) is 4.39. The fourth-order valence-electron chi connectivity index (χ4n) is 3.34. The molecule has 1 aliphatic carbocycles. The molecule has 1 aromatic rings. The quantitative estimate of drug-likeness (QED) is 0.849. The Morgan fingerprint density at radius 3 is 2.78 bits per heavy atom. The van der Waals surface area contributed by atoms with Gasteiger partial charge >= 0.3 is 0 Å². The Kier molecular flexibility index (Phi) is 2.65. The van der Waals surface area contributed by atoms with Crippen LogP contribution >= 0.6 is 0 Å². The second-order valence-corrected chi connectivity index (χ2v) is 6.02. The number of benzene rings is 1. The van der Waals surface area contributed by atoms with Crippen molar-refractivity contribution in [3.05, 3.63) is 35.1 Å². The fourth-order valence-corrected chi connectivity index (χ4v) is 3.34. The van der Waals surface area contributed by atoms with Gasteiger partial charge in [0.05, 0.1) is 0 Å². The molecule has 0 radical (unpaired) electrons. The summed E-state index contributed by atoms with van der Waals surface area (Å²) in [5.41, 5.74) is 2.20. The van der Waals surface area contributed by atoms with Gasteiger partial charge in [-0.1, -0.05) is 25.8 Å². The molecule has 0 amide bonds. The highest BCUT2D eigenvalue weighted by molar-refractivity contribution is 6.00. The summed E-state index contributed by atoms with van der Waals surface area (Å²) in [6, 6.07) is 4.80. The zero-order valence-electron chi connectivity index (χ0n) is 10.8. The van der Waals surface area contributed by atoms with Gasteiger partial charge in [0.2, 0.25) is 0 Å². The van der Waals surface area contributed by atoms with Crippen LogP contribution in [0.4, 0.5) is 4.39 Å². The number of amidine groups is 1. The van der Waals surface area contributed by atoms with Crippen molar-refractivity contribution in [3.8, 4) is 0 Å². The largest absolute Gasteiger partial charge is 0.352 e. The minimum atomic E-state index is -0.243. The Morgan fingerprint density at radius 2 is 2.06 bits per heavy atom. The second kappa shape index (κ2) is 4.08. The number of nitrogens with one attached hydrogen (secondary N) is 1. The third kappa shape index (κ3) is 1.92.